The van der Waals surface area contributed by atoms with Crippen molar-refractivity contribution < 1.29 is 45.5 Å². The van der Waals surface area contributed by atoms with Crippen LogP contribution in [0.5, 0.6) is 11.5 Å². The number of hydrazine groups is 1. The summed E-state index contributed by atoms with van der Waals surface area (Å²) in [6.07, 6.45) is -1.16. The van der Waals surface area contributed by atoms with E-state index < -0.39 is 45.1 Å². The van der Waals surface area contributed by atoms with Gasteiger partial charge in [0.1, 0.15) is 6.04 Å². The lowest BCUT2D eigenvalue weighted by Crippen LogP contribution is -2.46. The molecule has 1 aliphatic heterocycles. The van der Waals surface area contributed by atoms with Gasteiger partial charge in [0.05, 0.1) is 29.3 Å². The van der Waals surface area contributed by atoms with Crippen LogP contribution in [0.15, 0.2) is 84.0 Å². The minimum Gasteiger partial charge on any atom is -0.490 e. The number of fused-ring (bicyclic) bond motifs is 1. The lowest BCUT2D eigenvalue weighted by atomic mass is 10.0. The van der Waals surface area contributed by atoms with Gasteiger partial charge in [-0.1, -0.05) is 24.3 Å². The first-order valence-corrected chi connectivity index (χ1v) is 17.2. The molecule has 266 valence electrons. The van der Waals surface area contributed by atoms with Gasteiger partial charge in [0, 0.05) is 24.3 Å². The molecule has 5 rings (SSSR count). The second-order valence-electron chi connectivity index (χ2n) is 11.8. The number of aromatic nitrogens is 1. The van der Waals surface area contributed by atoms with Crippen LogP contribution < -0.4 is 25.2 Å². The smallest absolute Gasteiger partial charge is 0.490 e. The number of ether oxygens (including phenoxy) is 2. The molecule has 2 unspecified atom stereocenters. The first kappa shape index (κ1) is 36.4. The lowest BCUT2D eigenvalue weighted by molar-refractivity contribution is -0.203. The maximum absolute atomic E-state index is 14.7. The molecule has 0 spiro atoms. The number of carbonyl (C=O) groups is 2. The van der Waals surface area contributed by atoms with Crippen molar-refractivity contribution in [2.45, 2.75) is 62.9 Å². The van der Waals surface area contributed by atoms with Gasteiger partial charge < -0.3 is 19.2 Å². The van der Waals surface area contributed by atoms with Gasteiger partial charge in [-0.25, -0.2) is 19.1 Å². The summed E-state index contributed by atoms with van der Waals surface area (Å²) >= 11 is 0. The number of hydrogen-bond donors (Lipinski definition) is 2. The first-order valence-electron chi connectivity index (χ1n) is 15.7. The number of sulfonamides is 1. The predicted molar refractivity (Wildman–Crippen MR) is 177 cm³/mol. The molecule has 12 nitrogen and oxygen atoms in total. The van der Waals surface area contributed by atoms with E-state index in [4.69, 9.17) is 15.3 Å². The van der Waals surface area contributed by atoms with E-state index in [1.807, 2.05) is 39.0 Å². The number of hydrogen-bond acceptors (Lipinski definition) is 10. The summed E-state index contributed by atoms with van der Waals surface area (Å²) in [4.78, 5) is 36.1. The number of alkyl halides is 3. The third kappa shape index (κ3) is 8.09. The SMILES string of the molecule is CCOc1cc(C(C(=O)N2CCCC2c2cccc(S(=O)(=O)NOC(=O)C(F)(F)F)c2)N(N)c2ccc3cnccc3c2)ccc1OC(C)C. The summed E-state index contributed by atoms with van der Waals surface area (Å²) in [5.74, 6) is 4.61. The molecular formula is C34H36F3N5O7S. The van der Waals surface area contributed by atoms with Crippen molar-refractivity contribution >= 4 is 38.4 Å². The van der Waals surface area contributed by atoms with Gasteiger partial charge in [-0.2, -0.15) is 13.2 Å². The fraction of sp³-hybridized carbons (Fsp3) is 0.324. The average Bonchev–Trinajstić information content (AvgIpc) is 3.58. The van der Waals surface area contributed by atoms with Gasteiger partial charge in [0.25, 0.3) is 15.9 Å². The monoisotopic (exact) mass is 715 g/mol. The van der Waals surface area contributed by atoms with E-state index in [1.54, 1.807) is 47.6 Å². The van der Waals surface area contributed by atoms with Gasteiger partial charge in [0.15, 0.2) is 11.5 Å². The Labute approximate surface area is 286 Å². The highest BCUT2D eigenvalue weighted by Crippen LogP contribution is 2.39. The molecule has 50 heavy (non-hydrogen) atoms. The van der Waals surface area contributed by atoms with Crippen molar-refractivity contribution in [2.24, 2.45) is 5.84 Å². The highest BCUT2D eigenvalue weighted by Gasteiger charge is 2.42. The van der Waals surface area contributed by atoms with E-state index in [1.165, 1.54) is 22.0 Å². The van der Waals surface area contributed by atoms with Crippen molar-refractivity contribution in [2.75, 3.05) is 18.2 Å². The Bertz CT molecular complexity index is 1980. The quantitative estimate of drug-likeness (QED) is 0.142. The number of halogens is 3. The normalized spacial score (nSPS) is 15.6. The van der Waals surface area contributed by atoms with Gasteiger partial charge in [0.2, 0.25) is 0 Å². The Morgan fingerprint density at radius 3 is 2.56 bits per heavy atom. The number of benzene rings is 3. The van der Waals surface area contributed by atoms with Crippen LogP contribution in [0, 0.1) is 0 Å². The Balaban J connectivity index is 1.52. The lowest BCUT2D eigenvalue weighted by Gasteiger charge is -2.35. The van der Waals surface area contributed by atoms with Crippen LogP contribution in [0.25, 0.3) is 10.8 Å². The number of anilines is 1. The van der Waals surface area contributed by atoms with Crippen molar-refractivity contribution in [1.82, 2.24) is 14.8 Å². The Kier molecular flexibility index (Phi) is 10.8. The molecule has 3 aromatic carbocycles. The largest absolute Gasteiger partial charge is 0.492 e. The molecule has 4 aromatic rings. The highest BCUT2D eigenvalue weighted by atomic mass is 32.2. The standard InChI is InChI=1S/C34H36F3N5O7S/c1-4-47-30-19-24(11-13-29(30)48-21(2)3)31(42(38)26-12-10-25-20-39-15-14-22(25)17-26)32(43)41-16-6-9-28(41)23-7-5-8-27(18-23)50(45,46)40-49-33(44)34(35,36)37/h5,7-8,10-15,17-21,28,31,40H,4,6,9,16,38H2,1-3H3. The van der Waals surface area contributed by atoms with Gasteiger partial charge in [-0.05, 0) is 97.5 Å². The third-order valence-electron chi connectivity index (χ3n) is 7.94. The molecule has 1 fully saturated rings. The second kappa shape index (κ2) is 14.9. The summed E-state index contributed by atoms with van der Waals surface area (Å²) < 4.78 is 75.2. The zero-order valence-electron chi connectivity index (χ0n) is 27.4. The van der Waals surface area contributed by atoms with E-state index in [0.29, 0.717) is 54.3 Å². The molecule has 0 saturated carbocycles. The van der Waals surface area contributed by atoms with Gasteiger partial charge >= 0.3 is 12.1 Å². The minimum absolute atomic E-state index is 0.146. The van der Waals surface area contributed by atoms with E-state index in [-0.39, 0.29) is 6.10 Å². The fourth-order valence-corrected chi connectivity index (χ4v) is 6.57. The van der Waals surface area contributed by atoms with Crippen LogP contribution in [0.2, 0.25) is 0 Å². The number of nitrogens with zero attached hydrogens (tertiary/aromatic N) is 3. The zero-order valence-corrected chi connectivity index (χ0v) is 28.2. The van der Waals surface area contributed by atoms with Crippen molar-refractivity contribution in [1.29, 1.82) is 0 Å². The molecule has 0 aliphatic carbocycles. The summed E-state index contributed by atoms with van der Waals surface area (Å²) in [5.41, 5.74) is 1.44. The first-order chi connectivity index (χ1) is 23.7. The van der Waals surface area contributed by atoms with Crippen LogP contribution in [0.3, 0.4) is 0 Å². The van der Waals surface area contributed by atoms with Crippen molar-refractivity contribution in [3.05, 3.63) is 90.3 Å². The number of pyridine rings is 1. The van der Waals surface area contributed by atoms with E-state index in [9.17, 15) is 31.2 Å². The molecule has 0 bridgehead atoms. The maximum Gasteiger partial charge on any atom is 0.492 e. The summed E-state index contributed by atoms with van der Waals surface area (Å²) in [6, 6.07) is 16.1. The van der Waals surface area contributed by atoms with E-state index in [2.05, 4.69) is 9.82 Å². The third-order valence-corrected chi connectivity index (χ3v) is 9.12. The van der Waals surface area contributed by atoms with Gasteiger partial charge in [-0.15, -0.1) is 0 Å². The number of carbonyl (C=O) groups excluding carboxylic acids is 2. The highest BCUT2D eigenvalue weighted by molar-refractivity contribution is 7.89. The fourth-order valence-electron chi connectivity index (χ4n) is 5.74. The Hall–Kier alpha value is -4.93. The van der Waals surface area contributed by atoms with Crippen molar-refractivity contribution in [3.63, 3.8) is 0 Å². The number of rotatable bonds is 12. The average molecular weight is 716 g/mol. The minimum atomic E-state index is -5.41. The Morgan fingerprint density at radius 2 is 1.84 bits per heavy atom. The summed E-state index contributed by atoms with van der Waals surface area (Å²) in [6.45, 7) is 6.23. The van der Waals surface area contributed by atoms with Crippen LogP contribution in [-0.4, -0.2) is 55.6 Å². The molecular weight excluding hydrogens is 679 g/mol. The molecule has 1 aromatic heterocycles. The summed E-state index contributed by atoms with van der Waals surface area (Å²) in [7, 11) is -4.71. The Morgan fingerprint density at radius 1 is 1.06 bits per heavy atom. The van der Waals surface area contributed by atoms with E-state index in [0.717, 1.165) is 16.8 Å². The number of likely N-dealkylation sites (tertiary alicyclic amines) is 1. The van der Waals surface area contributed by atoms with Crippen LogP contribution in [0.1, 0.15) is 56.8 Å². The molecule has 2 atom stereocenters. The van der Waals surface area contributed by atoms with Crippen molar-refractivity contribution in [3.8, 4) is 11.5 Å². The molecule has 1 saturated heterocycles. The number of amides is 1. The molecule has 1 aliphatic rings. The predicted octanol–water partition coefficient (Wildman–Crippen LogP) is 5.50. The van der Waals surface area contributed by atoms with Gasteiger partial charge in [-0.3, -0.25) is 14.8 Å². The topological polar surface area (TPSA) is 153 Å². The van der Waals surface area contributed by atoms with Crippen LogP contribution >= 0.6 is 0 Å². The molecule has 16 heteroatoms. The maximum atomic E-state index is 14.7. The molecule has 2 heterocycles. The zero-order chi connectivity index (χ0) is 36.2. The molecule has 3 N–H and O–H groups in total. The van der Waals surface area contributed by atoms with Crippen LogP contribution in [-0.2, 0) is 24.4 Å². The molecule has 1 amide bonds. The summed E-state index contributed by atoms with van der Waals surface area (Å²) in [5, 5.41) is 3.09. The van der Waals surface area contributed by atoms with E-state index >= 15 is 0 Å². The van der Waals surface area contributed by atoms with Crippen LogP contribution in [0.4, 0.5) is 18.9 Å². The number of nitrogens with two attached hydrogens (primary N) is 1. The molecule has 0 radical (unpaired) electrons. The number of nitrogens with one attached hydrogen (secondary N) is 1. The second-order valence-corrected chi connectivity index (χ2v) is 13.4.